The van der Waals surface area contributed by atoms with Crippen molar-refractivity contribution >= 4 is 11.6 Å². The Morgan fingerprint density at radius 2 is 2.00 bits per heavy atom. The van der Waals surface area contributed by atoms with E-state index in [1.807, 2.05) is 0 Å². The van der Waals surface area contributed by atoms with E-state index in [1.165, 1.54) is 25.7 Å². The molecule has 4 heteroatoms. The van der Waals surface area contributed by atoms with Crippen molar-refractivity contribution < 1.29 is 0 Å². The molecular weight excluding hydrogens is 248 g/mol. The van der Waals surface area contributed by atoms with Crippen LogP contribution in [0.1, 0.15) is 58.4 Å². The highest BCUT2D eigenvalue weighted by molar-refractivity contribution is 5.57. The van der Waals surface area contributed by atoms with Crippen LogP contribution in [-0.4, -0.2) is 22.6 Å². The van der Waals surface area contributed by atoms with Crippen LogP contribution in [0, 0.1) is 5.92 Å². The fourth-order valence-electron chi connectivity index (χ4n) is 3.17. The van der Waals surface area contributed by atoms with Gasteiger partial charge in [-0.25, -0.2) is 9.97 Å². The van der Waals surface area contributed by atoms with Crippen LogP contribution in [0.15, 0.2) is 6.33 Å². The summed E-state index contributed by atoms with van der Waals surface area (Å²) in [6.07, 6.45) is 8.89. The number of hydrogen-bond acceptors (Lipinski definition) is 4. The summed E-state index contributed by atoms with van der Waals surface area (Å²) in [7, 11) is 0. The number of nitrogens with two attached hydrogens (primary N) is 1. The van der Waals surface area contributed by atoms with Gasteiger partial charge in [-0.05, 0) is 25.2 Å². The van der Waals surface area contributed by atoms with Gasteiger partial charge in [-0.15, -0.1) is 0 Å². The highest BCUT2D eigenvalue weighted by atomic mass is 15.2. The summed E-state index contributed by atoms with van der Waals surface area (Å²) in [5.41, 5.74) is 7.24. The van der Waals surface area contributed by atoms with Gasteiger partial charge in [-0.3, -0.25) is 0 Å². The molecule has 2 rings (SSSR count). The number of nitrogen functional groups attached to an aromatic ring is 1. The topological polar surface area (TPSA) is 55.0 Å². The van der Waals surface area contributed by atoms with Crippen LogP contribution in [0.3, 0.4) is 0 Å². The molecule has 1 fully saturated rings. The second kappa shape index (κ2) is 6.91. The molecule has 2 N–H and O–H groups in total. The molecule has 1 saturated carbocycles. The third-order valence-electron chi connectivity index (χ3n) is 4.06. The highest BCUT2D eigenvalue weighted by Crippen LogP contribution is 2.31. The van der Waals surface area contributed by atoms with Crippen LogP contribution < -0.4 is 10.6 Å². The molecule has 0 amide bonds. The van der Waals surface area contributed by atoms with Gasteiger partial charge in [-0.1, -0.05) is 40.0 Å². The largest absolute Gasteiger partial charge is 0.383 e. The molecule has 0 radical (unpaired) electrons. The molecule has 1 aliphatic carbocycles. The first-order valence-corrected chi connectivity index (χ1v) is 7.99. The fourth-order valence-corrected chi connectivity index (χ4v) is 3.17. The van der Waals surface area contributed by atoms with Crippen LogP contribution >= 0.6 is 0 Å². The molecule has 4 nitrogen and oxygen atoms in total. The lowest BCUT2D eigenvalue weighted by atomic mass is 10.1. The zero-order valence-corrected chi connectivity index (χ0v) is 13.1. The second-order valence-corrected chi connectivity index (χ2v) is 6.30. The van der Waals surface area contributed by atoms with E-state index in [4.69, 9.17) is 5.73 Å². The SMILES string of the molecule is CCCc1c(N)ncnc1N(CC(C)C)C1CCCC1. The number of rotatable bonds is 6. The van der Waals surface area contributed by atoms with Gasteiger partial charge in [0.2, 0.25) is 0 Å². The summed E-state index contributed by atoms with van der Waals surface area (Å²) in [6, 6.07) is 0.627. The molecule has 112 valence electrons. The lowest BCUT2D eigenvalue weighted by Gasteiger charge is -2.33. The van der Waals surface area contributed by atoms with Crippen molar-refractivity contribution in [1.29, 1.82) is 0 Å². The summed E-state index contributed by atoms with van der Waals surface area (Å²) >= 11 is 0. The second-order valence-electron chi connectivity index (χ2n) is 6.30. The van der Waals surface area contributed by atoms with E-state index in [-0.39, 0.29) is 0 Å². The van der Waals surface area contributed by atoms with Gasteiger partial charge >= 0.3 is 0 Å². The predicted octanol–water partition coefficient (Wildman–Crippen LogP) is 3.42. The van der Waals surface area contributed by atoms with E-state index in [9.17, 15) is 0 Å². The van der Waals surface area contributed by atoms with Crippen LogP contribution in [0.5, 0.6) is 0 Å². The summed E-state index contributed by atoms with van der Waals surface area (Å²) in [5, 5.41) is 0. The molecular formula is C16H28N4. The molecule has 0 unspecified atom stereocenters. The molecule has 0 saturated heterocycles. The van der Waals surface area contributed by atoms with Crippen LogP contribution in [0.4, 0.5) is 11.6 Å². The maximum atomic E-state index is 6.10. The smallest absolute Gasteiger partial charge is 0.137 e. The van der Waals surface area contributed by atoms with Crippen LogP contribution in [0.25, 0.3) is 0 Å². The minimum Gasteiger partial charge on any atom is -0.383 e. The summed E-state index contributed by atoms with van der Waals surface area (Å²) < 4.78 is 0. The summed E-state index contributed by atoms with van der Waals surface area (Å²) in [4.78, 5) is 11.3. The van der Waals surface area contributed by atoms with Gasteiger partial charge in [0, 0.05) is 18.2 Å². The quantitative estimate of drug-likeness (QED) is 0.865. The zero-order valence-electron chi connectivity index (χ0n) is 13.1. The number of anilines is 2. The maximum absolute atomic E-state index is 6.10. The molecule has 0 bridgehead atoms. The van der Waals surface area contributed by atoms with Gasteiger partial charge < -0.3 is 10.6 Å². The molecule has 0 aliphatic heterocycles. The van der Waals surface area contributed by atoms with Gasteiger partial charge in [0.1, 0.15) is 18.0 Å². The molecule has 1 heterocycles. The highest BCUT2D eigenvalue weighted by Gasteiger charge is 2.26. The number of hydrogen-bond donors (Lipinski definition) is 1. The lowest BCUT2D eigenvalue weighted by molar-refractivity contribution is 0.529. The Bertz CT molecular complexity index is 424. The van der Waals surface area contributed by atoms with E-state index in [0.29, 0.717) is 17.8 Å². The molecule has 0 aromatic carbocycles. The molecule has 0 spiro atoms. The predicted molar refractivity (Wildman–Crippen MR) is 84.9 cm³/mol. The minimum absolute atomic E-state index is 0.626. The van der Waals surface area contributed by atoms with Gasteiger partial charge in [0.25, 0.3) is 0 Å². The van der Waals surface area contributed by atoms with Crippen LogP contribution in [0.2, 0.25) is 0 Å². The van der Waals surface area contributed by atoms with E-state index >= 15 is 0 Å². The van der Waals surface area contributed by atoms with Gasteiger partial charge in [0.15, 0.2) is 0 Å². The van der Waals surface area contributed by atoms with Gasteiger partial charge in [0.05, 0.1) is 0 Å². The number of nitrogens with zero attached hydrogens (tertiary/aromatic N) is 3. The summed E-state index contributed by atoms with van der Waals surface area (Å²) in [6.45, 7) is 7.77. The van der Waals surface area contributed by atoms with Gasteiger partial charge in [-0.2, -0.15) is 0 Å². The van der Waals surface area contributed by atoms with E-state index < -0.39 is 0 Å². The summed E-state index contributed by atoms with van der Waals surface area (Å²) in [5.74, 6) is 2.37. The van der Waals surface area contributed by atoms with Crippen molar-refractivity contribution in [2.24, 2.45) is 5.92 Å². The third-order valence-corrected chi connectivity index (χ3v) is 4.06. The Balaban J connectivity index is 2.34. The first kappa shape index (κ1) is 15.1. The van der Waals surface area contributed by atoms with Crippen molar-refractivity contribution in [1.82, 2.24) is 9.97 Å². The monoisotopic (exact) mass is 276 g/mol. The van der Waals surface area contributed by atoms with E-state index in [2.05, 4.69) is 35.6 Å². The van der Waals surface area contributed by atoms with Crippen LogP contribution in [-0.2, 0) is 6.42 Å². The lowest BCUT2D eigenvalue weighted by Crippen LogP contribution is -2.38. The van der Waals surface area contributed by atoms with Crippen molar-refractivity contribution in [3.63, 3.8) is 0 Å². The first-order valence-electron chi connectivity index (χ1n) is 7.99. The Morgan fingerprint density at radius 3 is 2.60 bits per heavy atom. The first-order chi connectivity index (χ1) is 9.63. The van der Waals surface area contributed by atoms with Crippen molar-refractivity contribution in [3.8, 4) is 0 Å². The van der Waals surface area contributed by atoms with E-state index in [1.54, 1.807) is 6.33 Å². The molecule has 20 heavy (non-hydrogen) atoms. The molecule has 0 atom stereocenters. The van der Waals surface area contributed by atoms with Crippen molar-refractivity contribution in [2.75, 3.05) is 17.2 Å². The van der Waals surface area contributed by atoms with Crippen molar-refractivity contribution in [3.05, 3.63) is 11.9 Å². The zero-order chi connectivity index (χ0) is 14.5. The van der Waals surface area contributed by atoms with E-state index in [0.717, 1.165) is 30.8 Å². The number of aromatic nitrogens is 2. The average Bonchev–Trinajstić information content (AvgIpc) is 2.92. The van der Waals surface area contributed by atoms with Crippen molar-refractivity contribution in [2.45, 2.75) is 65.3 Å². The fraction of sp³-hybridized carbons (Fsp3) is 0.750. The normalized spacial score (nSPS) is 16.0. The molecule has 1 aliphatic rings. The Kier molecular flexibility index (Phi) is 5.21. The molecule has 1 aromatic heterocycles. The maximum Gasteiger partial charge on any atom is 0.137 e. The Morgan fingerprint density at radius 1 is 1.30 bits per heavy atom. The Labute approximate surface area is 122 Å². The minimum atomic E-state index is 0.626. The molecule has 1 aromatic rings. The third kappa shape index (κ3) is 3.41. The average molecular weight is 276 g/mol. The standard InChI is InChI=1S/C16H28N4/c1-4-7-14-15(17)18-11-19-16(14)20(10-12(2)3)13-8-5-6-9-13/h11-13H,4-10H2,1-3H3,(H2,17,18,19). The Hall–Kier alpha value is -1.32.